The highest BCUT2D eigenvalue weighted by Gasteiger charge is 2.32. The monoisotopic (exact) mass is 402 g/mol. The molecule has 1 aromatic carbocycles. The van der Waals surface area contributed by atoms with E-state index in [0.717, 1.165) is 42.7 Å². The largest absolute Gasteiger partial charge is 0.391 e. The van der Waals surface area contributed by atoms with Crippen molar-refractivity contribution < 1.29 is 18.7 Å². The van der Waals surface area contributed by atoms with Gasteiger partial charge in [0.1, 0.15) is 0 Å². The van der Waals surface area contributed by atoms with Crippen LogP contribution in [0, 0.1) is 11.6 Å². The highest BCUT2D eigenvalue weighted by atomic mass is 19.2. The first-order valence-electron chi connectivity index (χ1n) is 10.2. The molecule has 0 spiro atoms. The minimum absolute atomic E-state index is 0.187. The normalized spacial score (nSPS) is 27.8. The molecule has 3 rings (SSSR count). The third-order valence-corrected chi connectivity index (χ3v) is 5.73. The van der Waals surface area contributed by atoms with Gasteiger partial charge in [-0.2, -0.15) is 0 Å². The van der Waals surface area contributed by atoms with Crippen molar-refractivity contribution in [2.75, 3.05) is 13.1 Å². The third-order valence-electron chi connectivity index (χ3n) is 5.73. The van der Waals surface area contributed by atoms with Gasteiger partial charge in [-0.15, -0.1) is 0 Å². The molecule has 0 saturated heterocycles. The molecule has 0 unspecified atom stereocenters. The predicted molar refractivity (Wildman–Crippen MR) is 110 cm³/mol. The number of nitrogens with zero attached hydrogens (tertiary/aromatic N) is 2. The summed E-state index contributed by atoms with van der Waals surface area (Å²) in [6.45, 7) is 6.90. The van der Waals surface area contributed by atoms with Gasteiger partial charge in [0.15, 0.2) is 11.6 Å². The molecule has 0 aromatic heterocycles. The van der Waals surface area contributed by atoms with Crippen LogP contribution in [0.3, 0.4) is 0 Å². The number of hydrogen-bond acceptors (Lipinski definition) is 3. The Balaban J connectivity index is 1.87. The molecule has 1 fully saturated rings. The smallest absolute Gasteiger partial charge is 0.253 e. The summed E-state index contributed by atoms with van der Waals surface area (Å²) >= 11 is 0. The van der Waals surface area contributed by atoms with Crippen LogP contribution in [-0.4, -0.2) is 46.9 Å². The molecule has 1 aliphatic carbocycles. The molecule has 0 bridgehead atoms. The third kappa shape index (κ3) is 5.18. The number of rotatable bonds is 3. The Morgan fingerprint density at radius 1 is 1.21 bits per heavy atom. The second kappa shape index (κ2) is 9.44. The lowest BCUT2D eigenvalue weighted by Crippen LogP contribution is -2.49. The first-order chi connectivity index (χ1) is 13.9. The number of allylic oxidation sites excluding steroid dienone is 1. The standard InChI is InChI=1S/C23H28F2N2O2/c1-15-12-18(13-17-8-9-19(24)20(25)14-17)16(2)26-10-5-11-27(23(15)29)21-6-3-4-7-22(21)28/h8-9,12,14,21-22,28H,1,3-7,10-11,13H2,2H3/b18-12-,26-16-/t21-,22-/m0/s1. The van der Waals surface area contributed by atoms with Gasteiger partial charge in [0.25, 0.3) is 5.91 Å². The van der Waals surface area contributed by atoms with Crippen molar-refractivity contribution in [2.45, 2.75) is 57.6 Å². The average molecular weight is 402 g/mol. The highest BCUT2D eigenvalue weighted by Crippen LogP contribution is 2.26. The van der Waals surface area contributed by atoms with E-state index in [-0.39, 0.29) is 11.9 Å². The van der Waals surface area contributed by atoms with Gasteiger partial charge in [-0.3, -0.25) is 9.79 Å². The molecule has 1 amide bonds. The molecule has 2 atom stereocenters. The van der Waals surface area contributed by atoms with Gasteiger partial charge in [-0.1, -0.05) is 25.5 Å². The summed E-state index contributed by atoms with van der Waals surface area (Å²) in [5.74, 6) is -1.97. The summed E-state index contributed by atoms with van der Waals surface area (Å²) in [6.07, 6.45) is 5.65. The average Bonchev–Trinajstić information content (AvgIpc) is 2.70. The van der Waals surface area contributed by atoms with E-state index < -0.39 is 17.7 Å². The lowest BCUT2D eigenvalue weighted by molar-refractivity contribution is -0.132. The summed E-state index contributed by atoms with van der Waals surface area (Å²) in [6, 6.07) is 3.60. The number of halogens is 2. The van der Waals surface area contributed by atoms with Gasteiger partial charge in [-0.25, -0.2) is 8.78 Å². The summed E-state index contributed by atoms with van der Waals surface area (Å²) < 4.78 is 26.8. The van der Waals surface area contributed by atoms with Gasteiger partial charge < -0.3 is 10.0 Å². The van der Waals surface area contributed by atoms with E-state index >= 15 is 0 Å². The molecule has 6 heteroatoms. The first kappa shape index (κ1) is 21.4. The van der Waals surface area contributed by atoms with E-state index in [2.05, 4.69) is 11.6 Å². The summed E-state index contributed by atoms with van der Waals surface area (Å²) in [5, 5.41) is 10.4. The van der Waals surface area contributed by atoms with Crippen LogP contribution in [0.25, 0.3) is 0 Å². The molecular weight excluding hydrogens is 374 g/mol. The molecule has 1 N–H and O–H groups in total. The zero-order chi connectivity index (χ0) is 21.0. The molecule has 4 nitrogen and oxygen atoms in total. The molecule has 29 heavy (non-hydrogen) atoms. The number of amides is 1. The number of carbonyl (C=O) groups excluding carboxylic acids is 1. The van der Waals surface area contributed by atoms with Crippen LogP contribution in [0.15, 0.2) is 47.0 Å². The van der Waals surface area contributed by atoms with Crippen molar-refractivity contribution in [2.24, 2.45) is 4.99 Å². The van der Waals surface area contributed by atoms with E-state index in [9.17, 15) is 18.7 Å². The fraction of sp³-hybridized carbons (Fsp3) is 0.478. The van der Waals surface area contributed by atoms with Crippen LogP contribution in [0.2, 0.25) is 0 Å². The second-order valence-corrected chi connectivity index (χ2v) is 7.86. The molecular formula is C23H28F2N2O2. The molecule has 0 radical (unpaired) electrons. The Kier molecular flexibility index (Phi) is 6.96. The molecule has 1 saturated carbocycles. The van der Waals surface area contributed by atoms with Crippen LogP contribution in [0.1, 0.15) is 44.6 Å². The number of aliphatic imine (C=N–C) groups is 1. The van der Waals surface area contributed by atoms with Crippen molar-refractivity contribution in [1.82, 2.24) is 4.90 Å². The van der Waals surface area contributed by atoms with Gasteiger partial charge in [0.05, 0.1) is 12.1 Å². The Bertz CT molecular complexity index is 847. The van der Waals surface area contributed by atoms with Crippen molar-refractivity contribution in [1.29, 1.82) is 0 Å². The number of hydrogen-bond donors (Lipinski definition) is 1. The lowest BCUT2D eigenvalue weighted by Gasteiger charge is -2.38. The van der Waals surface area contributed by atoms with Crippen LogP contribution >= 0.6 is 0 Å². The van der Waals surface area contributed by atoms with Crippen LogP contribution in [0.4, 0.5) is 8.78 Å². The van der Waals surface area contributed by atoms with Gasteiger partial charge in [0.2, 0.25) is 0 Å². The minimum atomic E-state index is -0.898. The number of aliphatic hydroxyl groups excluding tert-OH is 1. The first-order valence-corrected chi connectivity index (χ1v) is 10.2. The van der Waals surface area contributed by atoms with E-state index in [1.54, 1.807) is 11.0 Å². The summed E-state index contributed by atoms with van der Waals surface area (Å²) in [4.78, 5) is 19.5. The van der Waals surface area contributed by atoms with E-state index in [1.807, 2.05) is 6.92 Å². The summed E-state index contributed by atoms with van der Waals surface area (Å²) in [5.41, 5.74) is 2.42. The van der Waals surface area contributed by atoms with Crippen molar-refractivity contribution in [3.63, 3.8) is 0 Å². The van der Waals surface area contributed by atoms with Gasteiger partial charge in [0, 0.05) is 24.4 Å². The highest BCUT2D eigenvalue weighted by molar-refractivity contribution is 6.03. The minimum Gasteiger partial charge on any atom is -0.391 e. The van der Waals surface area contributed by atoms with Gasteiger partial charge in [-0.05, 0) is 62.0 Å². The van der Waals surface area contributed by atoms with Gasteiger partial charge >= 0.3 is 0 Å². The van der Waals surface area contributed by atoms with E-state index in [4.69, 9.17) is 0 Å². The van der Waals surface area contributed by atoms with Crippen molar-refractivity contribution in [3.8, 4) is 0 Å². The Labute approximate surface area is 170 Å². The van der Waals surface area contributed by atoms with Crippen molar-refractivity contribution in [3.05, 3.63) is 59.2 Å². The zero-order valence-electron chi connectivity index (χ0n) is 16.8. The maximum Gasteiger partial charge on any atom is 0.253 e. The fourth-order valence-electron chi connectivity index (χ4n) is 4.07. The Morgan fingerprint density at radius 3 is 2.69 bits per heavy atom. The number of carbonyl (C=O) groups is 1. The van der Waals surface area contributed by atoms with Crippen molar-refractivity contribution >= 4 is 11.6 Å². The number of aliphatic hydroxyl groups is 1. The molecule has 1 aromatic rings. The van der Waals surface area contributed by atoms with E-state index in [0.29, 0.717) is 43.5 Å². The topological polar surface area (TPSA) is 52.9 Å². The molecule has 1 aliphatic heterocycles. The fourth-order valence-corrected chi connectivity index (χ4v) is 4.07. The summed E-state index contributed by atoms with van der Waals surface area (Å²) in [7, 11) is 0. The Morgan fingerprint density at radius 2 is 1.97 bits per heavy atom. The maximum absolute atomic E-state index is 13.6. The number of benzene rings is 1. The van der Waals surface area contributed by atoms with Crippen LogP contribution in [0.5, 0.6) is 0 Å². The quantitative estimate of drug-likeness (QED) is 0.778. The van der Waals surface area contributed by atoms with Crippen LogP contribution < -0.4 is 0 Å². The molecule has 1 heterocycles. The van der Waals surface area contributed by atoms with Crippen LogP contribution in [-0.2, 0) is 11.2 Å². The molecule has 2 aliphatic rings. The second-order valence-electron chi connectivity index (χ2n) is 7.86. The Hall–Kier alpha value is -2.34. The lowest BCUT2D eigenvalue weighted by atomic mass is 9.90. The van der Waals surface area contributed by atoms with E-state index in [1.165, 1.54) is 6.07 Å². The maximum atomic E-state index is 13.6. The molecule has 156 valence electrons. The predicted octanol–water partition coefficient (Wildman–Crippen LogP) is 3.99. The zero-order valence-corrected chi connectivity index (χ0v) is 16.8. The SMILES string of the molecule is C=C1/C=C(Cc2ccc(F)c(F)c2)\C(C)=N/CCCN([C@H]2CCCC[C@@H]2O)C1=O.